The molecule has 0 saturated heterocycles. The number of aryl methyl sites for hydroxylation is 1. The molecule has 1 atom stereocenters. The van der Waals surface area contributed by atoms with E-state index in [1.54, 1.807) is 18.2 Å². The van der Waals surface area contributed by atoms with Crippen molar-refractivity contribution in [3.63, 3.8) is 0 Å². The molecule has 1 amide bonds. The zero-order valence-corrected chi connectivity index (χ0v) is 14.4. The first-order valence-corrected chi connectivity index (χ1v) is 8.33. The maximum Gasteiger partial charge on any atom is 0.519 e. The van der Waals surface area contributed by atoms with Gasteiger partial charge in [-0.1, -0.05) is 18.2 Å². The molecule has 0 radical (unpaired) electrons. The van der Waals surface area contributed by atoms with Crippen LogP contribution in [0, 0.1) is 6.92 Å². The number of nitrogens with one attached hydrogen (secondary N) is 1. The number of carboxylic acid groups (broad SMARTS) is 1. The average Bonchev–Trinajstić information content (AvgIpc) is 2.94. The van der Waals surface area contributed by atoms with Crippen molar-refractivity contribution < 1.29 is 33.1 Å². The Morgan fingerprint density at radius 1 is 1.23 bits per heavy atom. The fraction of sp³-hybridized carbons (Fsp3) is 0.250. The minimum absolute atomic E-state index is 0.0658. The zero-order valence-electron chi connectivity index (χ0n) is 13.6. The second kappa shape index (κ2) is 8.90. The van der Waals surface area contributed by atoms with E-state index >= 15 is 0 Å². The lowest BCUT2D eigenvalue weighted by Gasteiger charge is -2.13. The van der Waals surface area contributed by atoms with E-state index in [1.165, 1.54) is 19.1 Å². The van der Waals surface area contributed by atoms with E-state index in [0.29, 0.717) is 17.3 Å². The normalized spacial score (nSPS) is 11.6. The van der Waals surface area contributed by atoms with Crippen molar-refractivity contribution in [3.8, 4) is 0 Å². The van der Waals surface area contributed by atoms with Crippen molar-refractivity contribution in [2.45, 2.75) is 19.6 Å². The molecule has 26 heavy (non-hydrogen) atoms. The number of carboxylic acids is 1. The van der Waals surface area contributed by atoms with Gasteiger partial charge in [0.05, 0.1) is 0 Å². The summed E-state index contributed by atoms with van der Waals surface area (Å²) >= 11 is 0.575. The van der Waals surface area contributed by atoms with Gasteiger partial charge in [0.2, 0.25) is 0 Å². The minimum Gasteiger partial charge on any atom is -0.480 e. The van der Waals surface area contributed by atoms with Gasteiger partial charge in [-0.15, -0.1) is 0 Å². The minimum atomic E-state index is -1.29. The van der Waals surface area contributed by atoms with Gasteiger partial charge in [0.1, 0.15) is 6.04 Å². The van der Waals surface area contributed by atoms with Crippen molar-refractivity contribution in [2.75, 3.05) is 5.75 Å². The lowest BCUT2D eigenvalue weighted by molar-refractivity contribution is -0.138. The molecule has 9 nitrogen and oxygen atoms in total. The van der Waals surface area contributed by atoms with Crippen molar-refractivity contribution in [1.82, 2.24) is 5.32 Å². The summed E-state index contributed by atoms with van der Waals surface area (Å²) in [5, 5.41) is 10.7. The quantitative estimate of drug-likeness (QED) is 0.688. The summed E-state index contributed by atoms with van der Waals surface area (Å²) in [5.74, 6) is -2.74. The Kier molecular flexibility index (Phi) is 6.61. The van der Waals surface area contributed by atoms with Gasteiger partial charge < -0.3 is 24.0 Å². The Morgan fingerprint density at radius 2 is 1.92 bits per heavy atom. The standard InChI is InChI=1S/C16H15NO8S/c1-9-12(25-15(21)24-9)7-23-16(22)26-8-11(14(19)20)17-13(18)10-5-3-2-4-6-10/h2-6,11H,7-8H2,1H3,(H,17,18)(H,19,20)/t11-/m0/s1. The zero-order chi connectivity index (χ0) is 19.1. The van der Waals surface area contributed by atoms with Gasteiger partial charge in [-0.05, 0) is 30.8 Å². The van der Waals surface area contributed by atoms with Crippen molar-refractivity contribution in [1.29, 1.82) is 0 Å². The first-order valence-electron chi connectivity index (χ1n) is 7.34. The van der Waals surface area contributed by atoms with E-state index in [4.69, 9.17) is 4.74 Å². The molecule has 0 fully saturated rings. The molecule has 0 unspecified atom stereocenters. The van der Waals surface area contributed by atoms with Crippen LogP contribution in [0.2, 0.25) is 0 Å². The van der Waals surface area contributed by atoms with Crippen LogP contribution in [0.5, 0.6) is 0 Å². The molecule has 2 N–H and O–H groups in total. The fourth-order valence-electron chi connectivity index (χ4n) is 1.83. The monoisotopic (exact) mass is 381 g/mol. The predicted octanol–water partition coefficient (Wildman–Crippen LogP) is 1.79. The number of carbonyl (C=O) groups excluding carboxylic acids is 2. The summed E-state index contributed by atoms with van der Waals surface area (Å²) < 4.78 is 14.2. The highest BCUT2D eigenvalue weighted by Gasteiger charge is 2.23. The third-order valence-electron chi connectivity index (χ3n) is 3.16. The van der Waals surface area contributed by atoms with Crippen LogP contribution in [0.1, 0.15) is 21.9 Å². The number of benzene rings is 1. The second-order valence-corrected chi connectivity index (χ2v) is 5.97. The summed E-state index contributed by atoms with van der Waals surface area (Å²) in [6, 6.07) is 6.81. The van der Waals surface area contributed by atoms with E-state index in [-0.39, 0.29) is 23.9 Å². The van der Waals surface area contributed by atoms with Crippen LogP contribution in [-0.4, -0.2) is 34.1 Å². The molecular formula is C16H15NO8S. The van der Waals surface area contributed by atoms with Gasteiger partial charge in [0.15, 0.2) is 18.1 Å². The number of rotatable bonds is 7. The first-order chi connectivity index (χ1) is 12.4. The summed E-state index contributed by atoms with van der Waals surface area (Å²) in [5.41, 5.74) is 0.303. The molecule has 0 spiro atoms. The van der Waals surface area contributed by atoms with Crippen LogP contribution < -0.4 is 11.1 Å². The smallest absolute Gasteiger partial charge is 0.480 e. The Labute approximate surface area is 151 Å². The number of hydrogen-bond acceptors (Lipinski definition) is 8. The maximum absolute atomic E-state index is 12.0. The Bertz CT molecular complexity index is 841. The molecule has 2 aromatic rings. The van der Waals surface area contributed by atoms with Crippen molar-refractivity contribution in [2.24, 2.45) is 0 Å². The highest BCUT2D eigenvalue weighted by molar-refractivity contribution is 8.13. The van der Waals surface area contributed by atoms with E-state index in [2.05, 4.69) is 14.2 Å². The number of hydrogen-bond donors (Lipinski definition) is 2. The summed E-state index contributed by atoms with van der Waals surface area (Å²) in [6.45, 7) is 1.15. The number of aliphatic carboxylic acids is 1. The van der Waals surface area contributed by atoms with Crippen LogP contribution in [0.25, 0.3) is 0 Å². The summed E-state index contributed by atoms with van der Waals surface area (Å²) in [4.78, 5) is 45.8. The molecule has 2 rings (SSSR count). The molecule has 1 aromatic carbocycles. The van der Waals surface area contributed by atoms with Gasteiger partial charge in [0.25, 0.3) is 5.91 Å². The maximum atomic E-state index is 12.0. The molecular weight excluding hydrogens is 366 g/mol. The van der Waals surface area contributed by atoms with Crippen LogP contribution in [0.4, 0.5) is 4.79 Å². The lowest BCUT2D eigenvalue weighted by Crippen LogP contribution is -2.42. The Balaban J connectivity index is 1.84. The van der Waals surface area contributed by atoms with E-state index < -0.39 is 29.0 Å². The first kappa shape index (κ1) is 19.3. The third kappa shape index (κ3) is 5.52. The van der Waals surface area contributed by atoms with Gasteiger partial charge in [-0.3, -0.25) is 4.79 Å². The molecule has 1 aromatic heterocycles. The van der Waals surface area contributed by atoms with Crippen LogP contribution in [0.15, 0.2) is 44.0 Å². The van der Waals surface area contributed by atoms with E-state index in [0.717, 1.165) is 0 Å². The van der Waals surface area contributed by atoms with Crippen molar-refractivity contribution >= 4 is 28.9 Å². The van der Waals surface area contributed by atoms with Gasteiger partial charge in [-0.25, -0.2) is 14.4 Å². The van der Waals surface area contributed by atoms with E-state index in [9.17, 15) is 24.3 Å². The fourth-order valence-corrected chi connectivity index (χ4v) is 2.50. The largest absolute Gasteiger partial charge is 0.519 e. The number of thioether (sulfide) groups is 1. The number of amides is 1. The third-order valence-corrected chi connectivity index (χ3v) is 4.02. The van der Waals surface area contributed by atoms with E-state index in [1.807, 2.05) is 0 Å². The summed E-state index contributed by atoms with van der Waals surface area (Å²) in [7, 11) is 0. The predicted molar refractivity (Wildman–Crippen MR) is 90.0 cm³/mol. The Morgan fingerprint density at radius 3 is 2.50 bits per heavy atom. The van der Waals surface area contributed by atoms with Gasteiger partial charge in [0, 0.05) is 11.3 Å². The molecule has 0 aliphatic carbocycles. The highest BCUT2D eigenvalue weighted by Crippen LogP contribution is 2.13. The molecule has 0 bridgehead atoms. The molecule has 138 valence electrons. The molecule has 10 heteroatoms. The molecule has 0 saturated carbocycles. The SMILES string of the molecule is Cc1oc(=O)oc1COC(=O)SC[C@H](NC(=O)c1ccccc1)C(=O)O. The topological polar surface area (TPSA) is 136 Å². The average molecular weight is 381 g/mol. The number of ether oxygens (including phenoxy) is 1. The molecule has 0 aliphatic rings. The van der Waals surface area contributed by atoms with Crippen LogP contribution >= 0.6 is 11.8 Å². The van der Waals surface area contributed by atoms with Gasteiger partial charge in [-0.2, -0.15) is 0 Å². The van der Waals surface area contributed by atoms with Crippen molar-refractivity contribution in [3.05, 3.63) is 58.0 Å². The van der Waals surface area contributed by atoms with Crippen LogP contribution in [0.3, 0.4) is 0 Å². The highest BCUT2D eigenvalue weighted by atomic mass is 32.2. The molecule has 1 heterocycles. The summed E-state index contributed by atoms with van der Waals surface area (Å²) in [6.07, 6.45) is 0. The van der Waals surface area contributed by atoms with Crippen LogP contribution in [-0.2, 0) is 16.1 Å². The molecule has 0 aliphatic heterocycles. The Hall–Kier alpha value is -3.01. The second-order valence-electron chi connectivity index (χ2n) is 5.01. The lowest BCUT2D eigenvalue weighted by atomic mass is 10.2. The number of carbonyl (C=O) groups is 3. The van der Waals surface area contributed by atoms with Gasteiger partial charge >= 0.3 is 17.1 Å².